The molecule has 2 unspecified atom stereocenters. The van der Waals surface area contributed by atoms with Gasteiger partial charge in [-0.05, 0) is 12.5 Å². The zero-order chi connectivity index (χ0) is 12.1. The van der Waals surface area contributed by atoms with Gasteiger partial charge >= 0.3 is 0 Å². The number of aryl methyl sites for hydroxylation is 2. The highest BCUT2D eigenvalue weighted by Gasteiger charge is 2.22. The van der Waals surface area contributed by atoms with E-state index in [0.717, 1.165) is 12.2 Å². The molecule has 88 valence electrons. The number of azide groups is 1. The number of nitrogens with zero attached hydrogens (tertiary/aromatic N) is 4. The number of H-pyrrole nitrogens is 1. The summed E-state index contributed by atoms with van der Waals surface area (Å²) < 4.78 is 0. The summed E-state index contributed by atoms with van der Waals surface area (Å²) in [5, 5.41) is 22.5. The SMILES string of the molecule is CCc1nc(C(O)C(O)CN=[N+]=[N-])c(C)[nH]1. The number of imidazole rings is 1. The van der Waals surface area contributed by atoms with E-state index in [1.54, 1.807) is 6.92 Å². The van der Waals surface area contributed by atoms with Crippen molar-refractivity contribution >= 4 is 0 Å². The van der Waals surface area contributed by atoms with E-state index in [-0.39, 0.29) is 6.54 Å². The van der Waals surface area contributed by atoms with Gasteiger partial charge in [0.05, 0.1) is 18.3 Å². The van der Waals surface area contributed by atoms with Crippen LogP contribution in [-0.4, -0.2) is 32.8 Å². The van der Waals surface area contributed by atoms with Crippen molar-refractivity contribution in [2.75, 3.05) is 6.54 Å². The summed E-state index contributed by atoms with van der Waals surface area (Å²) in [5.74, 6) is 0.752. The maximum atomic E-state index is 9.79. The van der Waals surface area contributed by atoms with Crippen LogP contribution in [0, 0.1) is 6.92 Å². The predicted octanol–water partition coefficient (Wildman–Crippen LogP) is 0.985. The number of aliphatic hydroxyl groups excluding tert-OH is 2. The molecule has 0 fully saturated rings. The average Bonchev–Trinajstić information content (AvgIpc) is 2.66. The smallest absolute Gasteiger partial charge is 0.124 e. The van der Waals surface area contributed by atoms with Crippen LogP contribution in [0.15, 0.2) is 5.11 Å². The van der Waals surface area contributed by atoms with Crippen LogP contribution < -0.4 is 0 Å². The van der Waals surface area contributed by atoms with E-state index in [0.29, 0.717) is 11.4 Å². The quantitative estimate of drug-likeness (QED) is 0.393. The van der Waals surface area contributed by atoms with Crippen LogP contribution in [0.2, 0.25) is 0 Å². The molecule has 0 saturated carbocycles. The zero-order valence-corrected chi connectivity index (χ0v) is 9.25. The summed E-state index contributed by atoms with van der Waals surface area (Å²) in [7, 11) is 0. The average molecular weight is 225 g/mol. The van der Waals surface area contributed by atoms with Gasteiger partial charge in [0.25, 0.3) is 0 Å². The van der Waals surface area contributed by atoms with Crippen molar-refractivity contribution in [1.82, 2.24) is 9.97 Å². The van der Waals surface area contributed by atoms with E-state index < -0.39 is 12.2 Å². The molecule has 2 atom stereocenters. The van der Waals surface area contributed by atoms with Crippen molar-refractivity contribution in [3.63, 3.8) is 0 Å². The van der Waals surface area contributed by atoms with Gasteiger partial charge in [0.1, 0.15) is 11.9 Å². The Morgan fingerprint density at radius 1 is 1.56 bits per heavy atom. The van der Waals surface area contributed by atoms with Crippen molar-refractivity contribution in [2.24, 2.45) is 5.11 Å². The van der Waals surface area contributed by atoms with Crippen LogP contribution in [-0.2, 0) is 6.42 Å². The van der Waals surface area contributed by atoms with E-state index in [2.05, 4.69) is 20.0 Å². The lowest BCUT2D eigenvalue weighted by Gasteiger charge is -2.14. The Hall–Kier alpha value is -1.56. The first-order chi connectivity index (χ1) is 7.60. The Morgan fingerprint density at radius 2 is 2.25 bits per heavy atom. The van der Waals surface area contributed by atoms with Gasteiger partial charge in [0.2, 0.25) is 0 Å². The minimum absolute atomic E-state index is 0.175. The predicted molar refractivity (Wildman–Crippen MR) is 57.7 cm³/mol. The summed E-state index contributed by atoms with van der Waals surface area (Å²) in [4.78, 5) is 9.68. The maximum absolute atomic E-state index is 9.79. The fourth-order valence-electron chi connectivity index (χ4n) is 1.40. The molecule has 0 aliphatic rings. The maximum Gasteiger partial charge on any atom is 0.124 e. The van der Waals surface area contributed by atoms with Gasteiger partial charge in [-0.1, -0.05) is 12.0 Å². The number of hydrogen-bond acceptors (Lipinski definition) is 4. The Labute approximate surface area is 92.8 Å². The molecule has 0 aliphatic heterocycles. The summed E-state index contributed by atoms with van der Waals surface area (Å²) in [6, 6.07) is 0. The first kappa shape index (κ1) is 12.5. The van der Waals surface area contributed by atoms with Gasteiger partial charge in [0, 0.05) is 17.0 Å². The molecule has 0 spiro atoms. The van der Waals surface area contributed by atoms with E-state index in [1.807, 2.05) is 6.92 Å². The molecule has 1 aromatic heterocycles. The molecule has 1 heterocycles. The molecule has 1 aromatic rings. The van der Waals surface area contributed by atoms with E-state index in [4.69, 9.17) is 5.53 Å². The molecular weight excluding hydrogens is 210 g/mol. The normalized spacial score (nSPS) is 14.2. The number of hydrogen-bond donors (Lipinski definition) is 3. The monoisotopic (exact) mass is 225 g/mol. The van der Waals surface area contributed by atoms with Crippen molar-refractivity contribution < 1.29 is 10.2 Å². The molecule has 7 heteroatoms. The fourth-order valence-corrected chi connectivity index (χ4v) is 1.40. The Morgan fingerprint density at radius 3 is 2.75 bits per heavy atom. The summed E-state index contributed by atoms with van der Waals surface area (Å²) in [5.41, 5.74) is 9.22. The highest BCUT2D eigenvalue weighted by Crippen LogP contribution is 2.19. The van der Waals surface area contributed by atoms with Gasteiger partial charge < -0.3 is 15.2 Å². The minimum Gasteiger partial charge on any atom is -0.390 e. The first-order valence-corrected chi connectivity index (χ1v) is 5.02. The molecule has 0 aliphatic carbocycles. The molecule has 0 bridgehead atoms. The van der Waals surface area contributed by atoms with Crippen molar-refractivity contribution in [2.45, 2.75) is 32.5 Å². The van der Waals surface area contributed by atoms with E-state index in [1.165, 1.54) is 0 Å². The topological polar surface area (TPSA) is 118 Å². The van der Waals surface area contributed by atoms with Crippen LogP contribution in [0.3, 0.4) is 0 Å². The largest absolute Gasteiger partial charge is 0.390 e. The lowest BCUT2D eigenvalue weighted by molar-refractivity contribution is 0.0216. The third kappa shape index (κ3) is 2.73. The van der Waals surface area contributed by atoms with Crippen molar-refractivity contribution in [3.8, 4) is 0 Å². The van der Waals surface area contributed by atoms with Crippen LogP contribution in [0.1, 0.15) is 30.2 Å². The second-order valence-corrected chi connectivity index (χ2v) is 3.47. The first-order valence-electron chi connectivity index (χ1n) is 5.02. The highest BCUT2D eigenvalue weighted by molar-refractivity contribution is 5.17. The van der Waals surface area contributed by atoms with E-state index >= 15 is 0 Å². The molecule has 1 rings (SSSR count). The molecule has 0 radical (unpaired) electrons. The minimum atomic E-state index is -1.14. The number of aliphatic hydroxyl groups is 2. The number of aromatic nitrogens is 2. The number of nitrogens with one attached hydrogen (secondary N) is 1. The third-order valence-electron chi connectivity index (χ3n) is 2.28. The fraction of sp³-hybridized carbons (Fsp3) is 0.667. The molecular formula is C9H15N5O2. The van der Waals surface area contributed by atoms with Gasteiger partial charge in [-0.25, -0.2) is 4.98 Å². The lowest BCUT2D eigenvalue weighted by atomic mass is 10.1. The Bertz CT molecular complexity index is 397. The third-order valence-corrected chi connectivity index (χ3v) is 2.28. The van der Waals surface area contributed by atoms with Gasteiger partial charge in [0.15, 0.2) is 0 Å². The molecule has 7 nitrogen and oxygen atoms in total. The zero-order valence-electron chi connectivity index (χ0n) is 9.25. The van der Waals surface area contributed by atoms with Crippen LogP contribution in [0.25, 0.3) is 10.4 Å². The summed E-state index contributed by atoms with van der Waals surface area (Å²) >= 11 is 0. The summed E-state index contributed by atoms with van der Waals surface area (Å²) in [6.07, 6.45) is -1.55. The lowest BCUT2D eigenvalue weighted by Crippen LogP contribution is -2.22. The molecule has 0 aromatic carbocycles. The van der Waals surface area contributed by atoms with Gasteiger partial charge in [-0.3, -0.25) is 0 Å². The Kier molecular flexibility index (Phi) is 4.30. The molecule has 0 amide bonds. The van der Waals surface area contributed by atoms with Crippen LogP contribution >= 0.6 is 0 Å². The molecule has 0 saturated heterocycles. The molecule has 16 heavy (non-hydrogen) atoms. The second-order valence-electron chi connectivity index (χ2n) is 3.47. The van der Waals surface area contributed by atoms with Gasteiger partial charge in [-0.2, -0.15) is 0 Å². The second kappa shape index (κ2) is 5.50. The standard InChI is InChI=1S/C9H15N5O2/c1-3-7-12-5(2)8(13-7)9(16)6(15)4-11-14-10/h6,9,15-16H,3-4H2,1-2H3,(H,12,13). The number of aromatic amines is 1. The number of rotatable bonds is 5. The summed E-state index contributed by atoms with van der Waals surface area (Å²) in [6.45, 7) is 3.53. The van der Waals surface area contributed by atoms with Crippen LogP contribution in [0.5, 0.6) is 0 Å². The van der Waals surface area contributed by atoms with Crippen molar-refractivity contribution in [1.29, 1.82) is 0 Å². The van der Waals surface area contributed by atoms with E-state index in [9.17, 15) is 10.2 Å². The van der Waals surface area contributed by atoms with Crippen molar-refractivity contribution in [3.05, 3.63) is 27.7 Å². The molecule has 3 N–H and O–H groups in total. The Balaban J connectivity index is 2.81. The van der Waals surface area contributed by atoms with Gasteiger partial charge in [-0.15, -0.1) is 0 Å². The highest BCUT2D eigenvalue weighted by atomic mass is 16.3. The van der Waals surface area contributed by atoms with Crippen LogP contribution in [0.4, 0.5) is 0 Å².